The average molecular weight is 190 g/mol. The van der Waals surface area contributed by atoms with Gasteiger partial charge in [0.05, 0.1) is 6.54 Å². The van der Waals surface area contributed by atoms with Gasteiger partial charge in [-0.25, -0.2) is 0 Å². The van der Waals surface area contributed by atoms with Crippen LogP contribution < -0.4 is 5.73 Å². The topological polar surface area (TPSA) is 55.4 Å². The lowest BCUT2D eigenvalue weighted by Crippen LogP contribution is -2.37. The van der Waals surface area contributed by atoms with Crippen LogP contribution in [0, 0.1) is 4.91 Å². The summed E-state index contributed by atoms with van der Waals surface area (Å²) in [7, 11) is 0. The maximum absolute atomic E-state index is 10.2. The first-order valence-corrected chi connectivity index (χ1v) is 4.90. The van der Waals surface area contributed by atoms with Crippen LogP contribution >= 0.6 is 0 Å². The lowest BCUT2D eigenvalue weighted by atomic mass is 9.88. The first-order chi connectivity index (χ1) is 6.79. The molecule has 3 heteroatoms. The van der Waals surface area contributed by atoms with E-state index in [1.807, 2.05) is 18.2 Å². The van der Waals surface area contributed by atoms with Crippen LogP contribution in [0.5, 0.6) is 0 Å². The zero-order chi connectivity index (χ0) is 10.0. The minimum Gasteiger partial charge on any atom is -0.325 e. The summed E-state index contributed by atoms with van der Waals surface area (Å²) in [6.45, 7) is 0.217. The van der Waals surface area contributed by atoms with Crippen LogP contribution in [0.2, 0.25) is 0 Å². The molecule has 1 aliphatic rings. The fourth-order valence-electron chi connectivity index (χ4n) is 2.03. The highest BCUT2D eigenvalue weighted by Gasteiger charge is 2.49. The number of nitrogens with zero attached hydrogens (tertiary/aromatic N) is 1. The molecular formula is C11H14N2O. The molecule has 0 bridgehead atoms. The summed E-state index contributed by atoms with van der Waals surface area (Å²) in [5.74, 6) is 0. The van der Waals surface area contributed by atoms with Gasteiger partial charge in [0.15, 0.2) is 0 Å². The van der Waals surface area contributed by atoms with E-state index in [1.54, 1.807) is 0 Å². The Morgan fingerprint density at radius 2 is 2.00 bits per heavy atom. The van der Waals surface area contributed by atoms with Gasteiger partial charge in [0.1, 0.15) is 0 Å². The Morgan fingerprint density at radius 3 is 2.50 bits per heavy atom. The maximum atomic E-state index is 10.2. The molecule has 1 aromatic carbocycles. The molecule has 0 radical (unpaired) electrons. The van der Waals surface area contributed by atoms with E-state index in [9.17, 15) is 4.91 Å². The Balaban J connectivity index is 2.21. The second kappa shape index (κ2) is 3.50. The van der Waals surface area contributed by atoms with Gasteiger partial charge in [-0.2, -0.15) is 4.91 Å². The van der Waals surface area contributed by atoms with Gasteiger partial charge in [-0.05, 0) is 18.4 Å². The molecule has 14 heavy (non-hydrogen) atoms. The smallest absolute Gasteiger partial charge is 0.0970 e. The molecule has 2 rings (SSSR count). The second-order valence-electron chi connectivity index (χ2n) is 3.94. The third-order valence-corrected chi connectivity index (χ3v) is 3.12. The first kappa shape index (κ1) is 9.34. The molecule has 1 atom stereocenters. The number of benzene rings is 1. The van der Waals surface area contributed by atoms with Crippen molar-refractivity contribution in [3.05, 3.63) is 40.8 Å². The number of hydrogen-bond acceptors (Lipinski definition) is 3. The van der Waals surface area contributed by atoms with Crippen molar-refractivity contribution in [3.8, 4) is 0 Å². The molecule has 0 aromatic heterocycles. The van der Waals surface area contributed by atoms with E-state index < -0.39 is 0 Å². The predicted octanol–water partition coefficient (Wildman–Crippen LogP) is 1.81. The van der Waals surface area contributed by atoms with Crippen molar-refractivity contribution in [2.75, 3.05) is 6.54 Å². The largest absolute Gasteiger partial charge is 0.325 e. The molecule has 1 fully saturated rings. The highest BCUT2D eigenvalue weighted by atomic mass is 16.3. The number of nitroso groups, excluding NO2 is 1. The summed E-state index contributed by atoms with van der Waals surface area (Å²) >= 11 is 0. The highest BCUT2D eigenvalue weighted by molar-refractivity contribution is 5.33. The Labute approximate surface area is 83.3 Å². The monoisotopic (exact) mass is 190 g/mol. The van der Waals surface area contributed by atoms with E-state index in [1.165, 1.54) is 5.56 Å². The highest BCUT2D eigenvalue weighted by Crippen LogP contribution is 2.50. The Morgan fingerprint density at radius 1 is 1.36 bits per heavy atom. The van der Waals surface area contributed by atoms with Crippen molar-refractivity contribution in [1.29, 1.82) is 0 Å². The lowest BCUT2D eigenvalue weighted by Gasteiger charge is -2.21. The third kappa shape index (κ3) is 1.44. The minimum atomic E-state index is -0.123. The van der Waals surface area contributed by atoms with Crippen molar-refractivity contribution in [2.45, 2.75) is 24.3 Å². The standard InChI is InChI=1S/C11H14N2O/c12-10(8-13-14)11(6-7-11)9-4-2-1-3-5-9/h1-5,10H,6-8,12H2. The zero-order valence-corrected chi connectivity index (χ0v) is 8.02. The molecule has 1 unspecified atom stereocenters. The average Bonchev–Trinajstić information content (AvgIpc) is 3.00. The van der Waals surface area contributed by atoms with Gasteiger partial charge in [0, 0.05) is 11.5 Å². The van der Waals surface area contributed by atoms with Gasteiger partial charge in [-0.1, -0.05) is 35.5 Å². The quantitative estimate of drug-likeness (QED) is 0.736. The summed E-state index contributed by atoms with van der Waals surface area (Å²) in [6.07, 6.45) is 2.15. The van der Waals surface area contributed by atoms with Crippen molar-refractivity contribution in [3.63, 3.8) is 0 Å². The van der Waals surface area contributed by atoms with Crippen LogP contribution in [-0.4, -0.2) is 12.6 Å². The summed E-state index contributed by atoms with van der Waals surface area (Å²) < 4.78 is 0. The van der Waals surface area contributed by atoms with Crippen LogP contribution in [0.25, 0.3) is 0 Å². The fraction of sp³-hybridized carbons (Fsp3) is 0.455. The van der Waals surface area contributed by atoms with E-state index in [2.05, 4.69) is 17.3 Å². The molecule has 0 aliphatic heterocycles. The van der Waals surface area contributed by atoms with Crippen molar-refractivity contribution in [2.24, 2.45) is 10.9 Å². The number of rotatable bonds is 4. The summed E-state index contributed by atoms with van der Waals surface area (Å²) in [6, 6.07) is 10.0. The van der Waals surface area contributed by atoms with E-state index in [4.69, 9.17) is 5.73 Å². The van der Waals surface area contributed by atoms with E-state index in [-0.39, 0.29) is 18.0 Å². The molecule has 3 nitrogen and oxygen atoms in total. The molecule has 1 aromatic rings. The first-order valence-electron chi connectivity index (χ1n) is 4.90. The zero-order valence-electron chi connectivity index (χ0n) is 8.02. The maximum Gasteiger partial charge on any atom is 0.0970 e. The van der Waals surface area contributed by atoms with E-state index in [0.717, 1.165) is 12.8 Å². The van der Waals surface area contributed by atoms with Gasteiger partial charge in [0.25, 0.3) is 0 Å². The summed E-state index contributed by atoms with van der Waals surface area (Å²) in [4.78, 5) is 10.2. The molecule has 1 aliphatic carbocycles. The van der Waals surface area contributed by atoms with Crippen LogP contribution in [0.15, 0.2) is 35.5 Å². The second-order valence-corrected chi connectivity index (χ2v) is 3.94. The van der Waals surface area contributed by atoms with Crippen molar-refractivity contribution < 1.29 is 0 Å². The van der Waals surface area contributed by atoms with E-state index in [0.29, 0.717) is 0 Å². The van der Waals surface area contributed by atoms with Gasteiger partial charge >= 0.3 is 0 Å². The minimum absolute atomic E-state index is 0.0369. The number of hydrogen-bond donors (Lipinski definition) is 1. The molecule has 1 saturated carbocycles. The van der Waals surface area contributed by atoms with Crippen LogP contribution in [0.4, 0.5) is 0 Å². The van der Waals surface area contributed by atoms with E-state index >= 15 is 0 Å². The molecule has 0 amide bonds. The van der Waals surface area contributed by atoms with Gasteiger partial charge in [0.2, 0.25) is 0 Å². The number of nitrogens with two attached hydrogens (primary N) is 1. The van der Waals surface area contributed by atoms with Crippen LogP contribution in [0.3, 0.4) is 0 Å². The lowest BCUT2D eigenvalue weighted by molar-refractivity contribution is 0.525. The van der Waals surface area contributed by atoms with Crippen molar-refractivity contribution >= 4 is 0 Å². The summed E-state index contributed by atoms with van der Waals surface area (Å²) in [5, 5.41) is 2.89. The Hall–Kier alpha value is -1.22. The SMILES string of the molecule is NC(CN=O)C1(c2ccccc2)CC1. The Kier molecular flexibility index (Phi) is 2.33. The molecule has 74 valence electrons. The predicted molar refractivity (Wildman–Crippen MR) is 56.0 cm³/mol. The molecule has 2 N–H and O–H groups in total. The molecule has 0 heterocycles. The molecule has 0 spiro atoms. The third-order valence-electron chi connectivity index (χ3n) is 3.12. The normalized spacial score (nSPS) is 20.1. The Bertz CT molecular complexity index is 319. The van der Waals surface area contributed by atoms with Gasteiger partial charge in [-0.15, -0.1) is 0 Å². The van der Waals surface area contributed by atoms with Crippen LogP contribution in [0.1, 0.15) is 18.4 Å². The van der Waals surface area contributed by atoms with Crippen molar-refractivity contribution in [1.82, 2.24) is 0 Å². The van der Waals surface area contributed by atoms with Crippen LogP contribution in [-0.2, 0) is 5.41 Å². The summed E-state index contributed by atoms with van der Waals surface area (Å²) in [5.41, 5.74) is 7.25. The molecule has 0 saturated heterocycles. The fourth-order valence-corrected chi connectivity index (χ4v) is 2.03. The van der Waals surface area contributed by atoms with Gasteiger partial charge in [-0.3, -0.25) is 0 Å². The van der Waals surface area contributed by atoms with Gasteiger partial charge < -0.3 is 5.73 Å². The molecular weight excluding hydrogens is 176 g/mol.